The summed E-state index contributed by atoms with van der Waals surface area (Å²) in [6.45, 7) is 0. The van der Waals surface area contributed by atoms with Gasteiger partial charge in [0.2, 0.25) is 5.78 Å². The van der Waals surface area contributed by atoms with Crippen LogP contribution in [0.25, 0.3) is 10.9 Å². The molecule has 0 aliphatic rings. The lowest BCUT2D eigenvalue weighted by molar-refractivity contribution is -0.113. The van der Waals surface area contributed by atoms with Gasteiger partial charge in [-0.2, -0.15) is 0 Å². The summed E-state index contributed by atoms with van der Waals surface area (Å²) in [5, 5.41) is 1.09. The summed E-state index contributed by atoms with van der Waals surface area (Å²) in [5.74, 6) is 5.52. The fourth-order valence-corrected chi connectivity index (χ4v) is 2.16. The van der Waals surface area contributed by atoms with Gasteiger partial charge in [0.15, 0.2) is 0 Å². The number of para-hydroxylation sites is 1. The van der Waals surface area contributed by atoms with Crippen LogP contribution in [0, 0.1) is 11.8 Å². The Morgan fingerprint density at radius 1 is 1.00 bits per heavy atom. The quantitative estimate of drug-likeness (QED) is 0.703. The molecule has 0 atom stereocenters. The highest BCUT2D eigenvalue weighted by Crippen LogP contribution is 2.18. The van der Waals surface area contributed by atoms with Gasteiger partial charge in [0.05, 0.1) is 0 Å². The number of H-pyrrole nitrogens is 1. The van der Waals surface area contributed by atoms with Gasteiger partial charge in [-0.3, -0.25) is 4.79 Å². The third-order valence-electron chi connectivity index (χ3n) is 3.15. The molecule has 2 nitrogen and oxygen atoms in total. The molecule has 96 valence electrons. The Kier molecular flexibility index (Phi) is 3.34. The number of hydrogen-bond donors (Lipinski definition) is 1. The van der Waals surface area contributed by atoms with Crippen molar-refractivity contribution in [2.24, 2.45) is 0 Å². The minimum Gasteiger partial charge on any atom is -0.361 e. The number of carbonyl (C=O) groups excluding carboxylic acids is 1. The lowest BCUT2D eigenvalue weighted by Gasteiger charge is -1.94. The maximum atomic E-state index is 11.9. The van der Waals surface area contributed by atoms with Gasteiger partial charge < -0.3 is 4.98 Å². The van der Waals surface area contributed by atoms with Crippen molar-refractivity contribution in [3.63, 3.8) is 0 Å². The number of Topliss-reactive ketones (excluding diaryl/α,β-unsaturated/α-hetero) is 1. The van der Waals surface area contributed by atoms with Gasteiger partial charge in [0.1, 0.15) is 0 Å². The fraction of sp³-hybridized carbons (Fsp3) is 0.0556. The topological polar surface area (TPSA) is 32.9 Å². The Labute approximate surface area is 117 Å². The molecule has 0 saturated carbocycles. The Morgan fingerprint density at radius 2 is 1.75 bits per heavy atom. The summed E-state index contributed by atoms with van der Waals surface area (Å²) >= 11 is 0. The molecule has 0 spiro atoms. The minimum atomic E-state index is -0.0707. The maximum Gasteiger partial charge on any atom is 0.210 e. The van der Waals surface area contributed by atoms with Crippen molar-refractivity contribution in [3.8, 4) is 11.8 Å². The van der Waals surface area contributed by atoms with Gasteiger partial charge in [0.25, 0.3) is 0 Å². The van der Waals surface area contributed by atoms with Crippen LogP contribution in [0.1, 0.15) is 11.1 Å². The number of fused-ring (bicyclic) bond motifs is 1. The summed E-state index contributed by atoms with van der Waals surface area (Å²) in [4.78, 5) is 15.1. The van der Waals surface area contributed by atoms with Crippen LogP contribution in [0.15, 0.2) is 60.8 Å². The van der Waals surface area contributed by atoms with Crippen molar-refractivity contribution < 1.29 is 4.79 Å². The molecule has 3 aromatic rings. The fourth-order valence-electron chi connectivity index (χ4n) is 2.16. The molecule has 20 heavy (non-hydrogen) atoms. The molecule has 1 heterocycles. The smallest absolute Gasteiger partial charge is 0.210 e. The molecule has 0 saturated heterocycles. The summed E-state index contributed by atoms with van der Waals surface area (Å²) in [7, 11) is 0. The Hall–Kier alpha value is -2.79. The first kappa shape index (κ1) is 12.3. The second-order valence-electron chi connectivity index (χ2n) is 4.58. The number of hydrogen-bond acceptors (Lipinski definition) is 1. The van der Waals surface area contributed by atoms with E-state index >= 15 is 0 Å². The zero-order chi connectivity index (χ0) is 13.8. The zero-order valence-corrected chi connectivity index (χ0v) is 10.9. The molecule has 0 amide bonds. The van der Waals surface area contributed by atoms with Crippen molar-refractivity contribution in [1.29, 1.82) is 0 Å². The average molecular weight is 259 g/mol. The first-order valence-corrected chi connectivity index (χ1v) is 6.48. The van der Waals surface area contributed by atoms with E-state index in [4.69, 9.17) is 0 Å². The molecule has 2 heteroatoms. The van der Waals surface area contributed by atoms with Crippen molar-refractivity contribution in [1.82, 2.24) is 4.98 Å². The number of ketones is 1. The van der Waals surface area contributed by atoms with E-state index in [1.54, 1.807) is 0 Å². The number of rotatable bonds is 2. The first-order chi connectivity index (χ1) is 9.83. The highest BCUT2D eigenvalue weighted by Gasteiger charge is 2.06. The molecule has 1 N–H and O–H groups in total. The number of carbonyl (C=O) groups is 1. The Balaban J connectivity index is 1.78. The standard InChI is InChI=1S/C18H13NO/c20-16(11-10-14-6-2-1-3-7-14)12-15-13-19-18-9-5-4-8-17(15)18/h1-9,13,19H,12H2. The molecule has 0 unspecified atom stereocenters. The van der Waals surface area contributed by atoms with Gasteiger partial charge >= 0.3 is 0 Å². The van der Waals surface area contributed by atoms with Gasteiger partial charge in [-0.25, -0.2) is 0 Å². The van der Waals surface area contributed by atoms with Crippen LogP contribution >= 0.6 is 0 Å². The van der Waals surface area contributed by atoms with Crippen molar-refractivity contribution in [3.05, 3.63) is 71.9 Å². The van der Waals surface area contributed by atoms with Gasteiger partial charge in [-0.1, -0.05) is 42.3 Å². The van der Waals surface area contributed by atoms with E-state index in [9.17, 15) is 4.79 Å². The van der Waals surface area contributed by atoms with E-state index in [0.29, 0.717) is 6.42 Å². The molecule has 1 aromatic heterocycles. The largest absolute Gasteiger partial charge is 0.361 e. The van der Waals surface area contributed by atoms with Crippen LogP contribution in [-0.2, 0) is 11.2 Å². The van der Waals surface area contributed by atoms with Crippen molar-refractivity contribution in [2.75, 3.05) is 0 Å². The predicted molar refractivity (Wildman–Crippen MR) is 80.3 cm³/mol. The Morgan fingerprint density at radius 3 is 2.60 bits per heavy atom. The van der Waals surface area contributed by atoms with E-state index in [1.807, 2.05) is 60.8 Å². The summed E-state index contributed by atoms with van der Waals surface area (Å²) in [6, 6.07) is 17.5. The molecule has 0 radical (unpaired) electrons. The van der Waals surface area contributed by atoms with Crippen LogP contribution in [0.5, 0.6) is 0 Å². The Bertz CT molecular complexity index is 803. The second-order valence-corrected chi connectivity index (χ2v) is 4.58. The van der Waals surface area contributed by atoms with Crippen LogP contribution in [0.2, 0.25) is 0 Å². The third-order valence-corrected chi connectivity index (χ3v) is 3.15. The SMILES string of the molecule is O=C(C#Cc1ccccc1)Cc1c[nH]c2ccccc12. The lowest BCUT2D eigenvalue weighted by Crippen LogP contribution is -1.98. The molecule has 2 aromatic carbocycles. The monoisotopic (exact) mass is 259 g/mol. The highest BCUT2D eigenvalue weighted by atomic mass is 16.1. The van der Waals surface area contributed by atoms with Crippen LogP contribution in [0.4, 0.5) is 0 Å². The van der Waals surface area contributed by atoms with Crippen molar-refractivity contribution >= 4 is 16.7 Å². The van der Waals surface area contributed by atoms with Crippen LogP contribution in [-0.4, -0.2) is 10.8 Å². The van der Waals surface area contributed by atoms with E-state index in [1.165, 1.54) is 0 Å². The second kappa shape index (κ2) is 5.46. The number of aromatic nitrogens is 1. The normalized spacial score (nSPS) is 10.0. The first-order valence-electron chi connectivity index (χ1n) is 6.48. The third kappa shape index (κ3) is 2.62. The van der Waals surface area contributed by atoms with E-state index in [-0.39, 0.29) is 5.78 Å². The number of aromatic amines is 1. The molecule has 0 fully saturated rings. The molecule has 0 aliphatic carbocycles. The van der Waals surface area contributed by atoms with E-state index in [0.717, 1.165) is 22.0 Å². The number of nitrogens with one attached hydrogen (secondary N) is 1. The average Bonchev–Trinajstić information content (AvgIpc) is 2.90. The number of benzene rings is 2. The molecule has 0 bridgehead atoms. The van der Waals surface area contributed by atoms with Gasteiger partial charge in [-0.05, 0) is 29.7 Å². The molecular formula is C18H13NO. The minimum absolute atomic E-state index is 0.0707. The zero-order valence-electron chi connectivity index (χ0n) is 10.9. The van der Waals surface area contributed by atoms with Gasteiger partial charge in [0, 0.05) is 29.1 Å². The molecule has 0 aliphatic heterocycles. The maximum absolute atomic E-state index is 11.9. The molecular weight excluding hydrogens is 246 g/mol. The lowest BCUT2D eigenvalue weighted by atomic mass is 10.1. The summed E-state index contributed by atoms with van der Waals surface area (Å²) in [6.07, 6.45) is 2.22. The summed E-state index contributed by atoms with van der Waals surface area (Å²) < 4.78 is 0. The van der Waals surface area contributed by atoms with Crippen LogP contribution < -0.4 is 0 Å². The van der Waals surface area contributed by atoms with Crippen LogP contribution in [0.3, 0.4) is 0 Å². The van der Waals surface area contributed by atoms with E-state index < -0.39 is 0 Å². The van der Waals surface area contributed by atoms with E-state index in [2.05, 4.69) is 16.8 Å². The van der Waals surface area contributed by atoms with Crippen molar-refractivity contribution in [2.45, 2.75) is 6.42 Å². The summed E-state index contributed by atoms with van der Waals surface area (Å²) in [5.41, 5.74) is 2.90. The van der Waals surface area contributed by atoms with Gasteiger partial charge in [-0.15, -0.1) is 0 Å². The predicted octanol–water partition coefficient (Wildman–Crippen LogP) is 3.33. The molecule has 3 rings (SSSR count). The highest BCUT2D eigenvalue weighted by molar-refractivity contribution is 5.99.